The first-order chi connectivity index (χ1) is 9.28. The second-order valence-corrected chi connectivity index (χ2v) is 6.75. The van der Waals surface area contributed by atoms with Gasteiger partial charge in [0.2, 0.25) is 0 Å². The quantitative estimate of drug-likeness (QED) is 0.843. The number of aryl methyl sites for hydroxylation is 2. The monoisotopic (exact) mass is 275 g/mol. The highest BCUT2D eigenvalue weighted by Crippen LogP contribution is 2.31. The van der Waals surface area contributed by atoms with Gasteiger partial charge in [0.25, 0.3) is 0 Å². The molecule has 0 saturated carbocycles. The fraction of sp³-hybridized carbons (Fsp3) is 0.588. The SMILES string of the molecule is Cc1ccc(C2CNCC2C(=O)OC(C)(C)C)cc1C. The summed E-state index contributed by atoms with van der Waals surface area (Å²) >= 11 is 0. The van der Waals surface area contributed by atoms with E-state index >= 15 is 0 Å². The Morgan fingerprint density at radius 2 is 1.90 bits per heavy atom. The summed E-state index contributed by atoms with van der Waals surface area (Å²) in [5.74, 6) is 0.0335. The predicted molar refractivity (Wildman–Crippen MR) is 80.9 cm³/mol. The first-order valence-corrected chi connectivity index (χ1v) is 7.28. The van der Waals surface area contributed by atoms with Gasteiger partial charge in [-0.1, -0.05) is 18.2 Å². The summed E-state index contributed by atoms with van der Waals surface area (Å²) in [6, 6.07) is 6.47. The van der Waals surface area contributed by atoms with Crippen molar-refractivity contribution in [2.75, 3.05) is 13.1 Å². The van der Waals surface area contributed by atoms with Gasteiger partial charge in [-0.2, -0.15) is 0 Å². The van der Waals surface area contributed by atoms with E-state index < -0.39 is 5.60 Å². The minimum Gasteiger partial charge on any atom is -0.460 e. The lowest BCUT2D eigenvalue weighted by Gasteiger charge is -2.25. The molecule has 2 atom stereocenters. The van der Waals surface area contributed by atoms with Crippen LogP contribution in [0.4, 0.5) is 0 Å². The largest absolute Gasteiger partial charge is 0.460 e. The van der Waals surface area contributed by atoms with Gasteiger partial charge in [-0.25, -0.2) is 0 Å². The highest BCUT2D eigenvalue weighted by molar-refractivity contribution is 5.75. The molecule has 0 bridgehead atoms. The molecule has 1 aromatic carbocycles. The molecular weight excluding hydrogens is 250 g/mol. The van der Waals surface area contributed by atoms with E-state index in [9.17, 15) is 4.79 Å². The van der Waals surface area contributed by atoms with Crippen molar-refractivity contribution in [2.24, 2.45) is 5.92 Å². The molecule has 1 heterocycles. The van der Waals surface area contributed by atoms with Crippen LogP contribution < -0.4 is 5.32 Å². The topological polar surface area (TPSA) is 38.3 Å². The van der Waals surface area contributed by atoms with Gasteiger partial charge in [0.15, 0.2) is 0 Å². The van der Waals surface area contributed by atoms with E-state index in [2.05, 4.69) is 37.4 Å². The molecule has 1 aliphatic heterocycles. The summed E-state index contributed by atoms with van der Waals surface area (Å²) in [7, 11) is 0. The molecule has 20 heavy (non-hydrogen) atoms. The van der Waals surface area contributed by atoms with E-state index in [0.717, 1.165) is 6.54 Å². The minimum absolute atomic E-state index is 0.0867. The lowest BCUT2D eigenvalue weighted by Crippen LogP contribution is -2.31. The highest BCUT2D eigenvalue weighted by Gasteiger charge is 2.36. The van der Waals surface area contributed by atoms with Crippen molar-refractivity contribution in [1.29, 1.82) is 0 Å². The van der Waals surface area contributed by atoms with Crippen LogP contribution in [0, 0.1) is 19.8 Å². The van der Waals surface area contributed by atoms with E-state index in [1.165, 1.54) is 16.7 Å². The third-order valence-corrected chi connectivity index (χ3v) is 3.88. The molecule has 0 aromatic heterocycles. The van der Waals surface area contributed by atoms with Crippen molar-refractivity contribution in [3.05, 3.63) is 34.9 Å². The fourth-order valence-corrected chi connectivity index (χ4v) is 2.65. The Hall–Kier alpha value is -1.35. The van der Waals surface area contributed by atoms with Crippen LogP contribution in [0.25, 0.3) is 0 Å². The van der Waals surface area contributed by atoms with Crippen LogP contribution in [0.15, 0.2) is 18.2 Å². The second kappa shape index (κ2) is 5.57. The number of benzene rings is 1. The molecule has 0 aliphatic carbocycles. The van der Waals surface area contributed by atoms with Gasteiger partial charge >= 0.3 is 5.97 Å². The van der Waals surface area contributed by atoms with Crippen LogP contribution in [0.5, 0.6) is 0 Å². The first kappa shape index (κ1) is 15.0. The van der Waals surface area contributed by atoms with Crippen LogP contribution in [0.2, 0.25) is 0 Å². The Bertz CT molecular complexity index is 502. The molecule has 1 saturated heterocycles. The maximum absolute atomic E-state index is 12.3. The predicted octanol–water partition coefficient (Wildman–Crippen LogP) is 2.95. The average Bonchev–Trinajstić information content (AvgIpc) is 2.79. The van der Waals surface area contributed by atoms with E-state index in [4.69, 9.17) is 4.74 Å². The molecule has 0 radical (unpaired) electrons. The third kappa shape index (κ3) is 3.40. The van der Waals surface area contributed by atoms with Crippen molar-refractivity contribution in [2.45, 2.75) is 46.1 Å². The number of hydrogen-bond donors (Lipinski definition) is 1. The van der Waals surface area contributed by atoms with Gasteiger partial charge in [-0.05, 0) is 51.3 Å². The normalized spacial score (nSPS) is 22.9. The van der Waals surface area contributed by atoms with Gasteiger partial charge in [0.05, 0.1) is 5.92 Å². The standard InChI is InChI=1S/C17H25NO2/c1-11-6-7-13(8-12(11)2)14-9-18-10-15(14)16(19)20-17(3,4)5/h6-8,14-15,18H,9-10H2,1-5H3. The lowest BCUT2D eigenvalue weighted by atomic mass is 9.87. The number of nitrogens with one attached hydrogen (secondary N) is 1. The van der Waals surface area contributed by atoms with Crippen molar-refractivity contribution in [3.63, 3.8) is 0 Å². The number of hydrogen-bond acceptors (Lipinski definition) is 3. The molecule has 1 N–H and O–H groups in total. The molecule has 1 aromatic rings. The number of rotatable bonds is 2. The molecule has 0 amide bonds. The Morgan fingerprint density at radius 1 is 1.20 bits per heavy atom. The molecule has 2 rings (SSSR count). The number of esters is 1. The van der Waals surface area contributed by atoms with Crippen molar-refractivity contribution in [1.82, 2.24) is 5.32 Å². The molecule has 3 nitrogen and oxygen atoms in total. The van der Waals surface area contributed by atoms with Crippen LogP contribution in [-0.2, 0) is 9.53 Å². The summed E-state index contributed by atoms with van der Waals surface area (Å²) < 4.78 is 5.55. The number of ether oxygens (including phenoxy) is 1. The number of carbonyl (C=O) groups is 1. The van der Waals surface area contributed by atoms with E-state index in [0.29, 0.717) is 6.54 Å². The fourth-order valence-electron chi connectivity index (χ4n) is 2.65. The van der Waals surface area contributed by atoms with Gasteiger partial charge in [-0.15, -0.1) is 0 Å². The maximum atomic E-state index is 12.3. The second-order valence-electron chi connectivity index (χ2n) is 6.75. The summed E-state index contributed by atoms with van der Waals surface area (Å²) in [5.41, 5.74) is 3.37. The molecule has 1 aliphatic rings. The zero-order valence-electron chi connectivity index (χ0n) is 13.1. The number of carbonyl (C=O) groups excluding carboxylic acids is 1. The van der Waals surface area contributed by atoms with Crippen LogP contribution in [0.1, 0.15) is 43.4 Å². The lowest BCUT2D eigenvalue weighted by molar-refractivity contribution is -0.159. The van der Waals surface area contributed by atoms with E-state index in [1.54, 1.807) is 0 Å². The summed E-state index contributed by atoms with van der Waals surface area (Å²) in [5, 5.41) is 3.32. The van der Waals surface area contributed by atoms with Gasteiger partial charge in [0, 0.05) is 19.0 Å². The zero-order valence-corrected chi connectivity index (χ0v) is 13.1. The molecular formula is C17H25NO2. The van der Waals surface area contributed by atoms with E-state index in [-0.39, 0.29) is 17.8 Å². The van der Waals surface area contributed by atoms with Gasteiger partial charge in [0.1, 0.15) is 5.60 Å². The first-order valence-electron chi connectivity index (χ1n) is 7.28. The average molecular weight is 275 g/mol. The highest BCUT2D eigenvalue weighted by atomic mass is 16.6. The summed E-state index contributed by atoms with van der Waals surface area (Å²) in [6.45, 7) is 11.5. The third-order valence-electron chi connectivity index (χ3n) is 3.88. The minimum atomic E-state index is -0.423. The Balaban J connectivity index is 2.18. The Morgan fingerprint density at radius 3 is 2.50 bits per heavy atom. The van der Waals surface area contributed by atoms with Gasteiger partial charge < -0.3 is 10.1 Å². The molecule has 1 fully saturated rings. The van der Waals surface area contributed by atoms with E-state index in [1.807, 2.05) is 20.8 Å². The van der Waals surface area contributed by atoms with Crippen molar-refractivity contribution >= 4 is 5.97 Å². The summed E-state index contributed by atoms with van der Waals surface area (Å²) in [6.07, 6.45) is 0. The van der Waals surface area contributed by atoms with Crippen molar-refractivity contribution in [3.8, 4) is 0 Å². The zero-order chi connectivity index (χ0) is 14.9. The molecule has 0 spiro atoms. The van der Waals surface area contributed by atoms with Crippen LogP contribution >= 0.6 is 0 Å². The molecule has 2 unspecified atom stereocenters. The Labute approximate surface area is 121 Å². The maximum Gasteiger partial charge on any atom is 0.311 e. The molecule has 110 valence electrons. The smallest absolute Gasteiger partial charge is 0.311 e. The van der Waals surface area contributed by atoms with Crippen LogP contribution in [-0.4, -0.2) is 24.7 Å². The van der Waals surface area contributed by atoms with Gasteiger partial charge in [-0.3, -0.25) is 4.79 Å². The van der Waals surface area contributed by atoms with Crippen LogP contribution in [0.3, 0.4) is 0 Å². The molecule has 3 heteroatoms. The van der Waals surface area contributed by atoms with Crippen molar-refractivity contribution < 1.29 is 9.53 Å². The Kier molecular flexibility index (Phi) is 4.19. The summed E-state index contributed by atoms with van der Waals surface area (Å²) in [4.78, 5) is 12.3.